The van der Waals surface area contributed by atoms with Crippen LogP contribution in [-0.2, 0) is 10.0 Å². The molecule has 1 N–H and O–H groups in total. The van der Waals surface area contributed by atoms with Crippen molar-refractivity contribution in [3.8, 4) is 0 Å². The van der Waals surface area contributed by atoms with Crippen LogP contribution in [0, 0.1) is 0 Å². The molecule has 0 saturated carbocycles. The maximum Gasteiger partial charge on any atom is 0.255 e. The Balaban J connectivity index is 1.89. The molecule has 0 bridgehead atoms. The monoisotopic (exact) mass is 438 g/mol. The van der Waals surface area contributed by atoms with Crippen LogP contribution in [0.3, 0.4) is 0 Å². The highest BCUT2D eigenvalue weighted by Crippen LogP contribution is 2.29. The molecule has 1 aliphatic heterocycles. The van der Waals surface area contributed by atoms with Gasteiger partial charge in [-0.15, -0.1) is 11.8 Å². The third kappa shape index (κ3) is 4.71. The van der Waals surface area contributed by atoms with Crippen molar-refractivity contribution >= 4 is 45.0 Å². The fourth-order valence-corrected chi connectivity index (χ4v) is 5.78. The average molecular weight is 439 g/mol. The second-order valence-corrected chi connectivity index (χ2v) is 9.78. The van der Waals surface area contributed by atoms with Crippen molar-refractivity contribution in [3.63, 3.8) is 0 Å². The Kier molecular flexibility index (Phi) is 7.04. The molecule has 28 heavy (non-hydrogen) atoms. The van der Waals surface area contributed by atoms with E-state index in [4.69, 9.17) is 11.6 Å². The first kappa shape index (κ1) is 21.2. The lowest BCUT2D eigenvalue weighted by atomic mass is 10.2. The molecule has 1 aliphatic rings. The molecule has 1 amide bonds. The highest BCUT2D eigenvalue weighted by molar-refractivity contribution is 7.98. The molecular formula is C20H23ClN2O3S2. The molecule has 8 heteroatoms. The number of carbonyl (C=O) groups excluding carboxylic acids is 1. The van der Waals surface area contributed by atoms with Gasteiger partial charge in [-0.25, -0.2) is 8.42 Å². The summed E-state index contributed by atoms with van der Waals surface area (Å²) in [6.45, 7) is 0.965. The average Bonchev–Trinajstić information content (AvgIpc) is 2.98. The molecule has 150 valence electrons. The van der Waals surface area contributed by atoms with Gasteiger partial charge < -0.3 is 5.32 Å². The fraction of sp³-hybridized carbons (Fsp3) is 0.350. The number of rotatable bonds is 5. The number of hydrogen-bond donors (Lipinski definition) is 1. The Labute approximate surface area is 175 Å². The zero-order valence-electron chi connectivity index (χ0n) is 15.7. The van der Waals surface area contributed by atoms with Crippen LogP contribution in [0.5, 0.6) is 0 Å². The Morgan fingerprint density at radius 3 is 2.43 bits per heavy atom. The van der Waals surface area contributed by atoms with Crippen molar-refractivity contribution in [1.29, 1.82) is 0 Å². The van der Waals surface area contributed by atoms with Gasteiger partial charge >= 0.3 is 0 Å². The summed E-state index contributed by atoms with van der Waals surface area (Å²) < 4.78 is 27.7. The zero-order valence-corrected chi connectivity index (χ0v) is 18.0. The van der Waals surface area contributed by atoms with Crippen LogP contribution in [-0.4, -0.2) is 38.0 Å². The summed E-state index contributed by atoms with van der Waals surface area (Å²) in [5, 5.41) is 2.98. The van der Waals surface area contributed by atoms with Gasteiger partial charge in [0.15, 0.2) is 0 Å². The van der Waals surface area contributed by atoms with E-state index in [-0.39, 0.29) is 21.4 Å². The molecule has 0 aromatic heterocycles. The topological polar surface area (TPSA) is 66.5 Å². The van der Waals surface area contributed by atoms with E-state index in [2.05, 4.69) is 5.32 Å². The number of anilines is 1. The second kappa shape index (κ2) is 9.31. The van der Waals surface area contributed by atoms with Gasteiger partial charge in [-0.1, -0.05) is 36.6 Å². The van der Waals surface area contributed by atoms with Crippen molar-refractivity contribution in [3.05, 3.63) is 53.1 Å². The summed E-state index contributed by atoms with van der Waals surface area (Å²) >= 11 is 7.74. The predicted molar refractivity (Wildman–Crippen MR) is 115 cm³/mol. The number of sulfonamides is 1. The van der Waals surface area contributed by atoms with Crippen molar-refractivity contribution in [2.75, 3.05) is 24.7 Å². The van der Waals surface area contributed by atoms with Crippen molar-refractivity contribution in [2.45, 2.75) is 35.5 Å². The number of halogens is 1. The quantitative estimate of drug-likeness (QED) is 0.675. The number of amides is 1. The Bertz CT molecular complexity index is 956. The second-order valence-electron chi connectivity index (χ2n) is 6.62. The van der Waals surface area contributed by atoms with Crippen LogP contribution >= 0.6 is 23.4 Å². The summed E-state index contributed by atoms with van der Waals surface area (Å²) in [6, 6.07) is 11.9. The van der Waals surface area contributed by atoms with Crippen LogP contribution < -0.4 is 5.32 Å². The number of hydrogen-bond acceptors (Lipinski definition) is 4. The maximum absolute atomic E-state index is 13.1. The largest absolute Gasteiger partial charge is 0.321 e. The summed E-state index contributed by atoms with van der Waals surface area (Å²) in [5.74, 6) is -0.370. The van der Waals surface area contributed by atoms with Gasteiger partial charge in [0.25, 0.3) is 5.91 Å². The van der Waals surface area contributed by atoms with Gasteiger partial charge in [0.1, 0.15) is 4.90 Å². The molecule has 1 fully saturated rings. The van der Waals surface area contributed by atoms with Gasteiger partial charge in [0.2, 0.25) is 10.0 Å². The molecule has 0 atom stereocenters. The van der Waals surface area contributed by atoms with E-state index in [0.717, 1.165) is 30.6 Å². The first-order valence-corrected chi connectivity index (χ1v) is 12.2. The number of nitrogens with one attached hydrogen (secondary N) is 1. The van der Waals surface area contributed by atoms with E-state index in [1.54, 1.807) is 6.07 Å². The standard InChI is InChI=1S/C20H23ClN2O3S2/c1-27-18-9-5-4-8-17(18)22-20(24)15-10-11-16(21)19(14-15)28(25,26)23-12-6-2-3-7-13-23/h4-5,8-11,14H,2-3,6-7,12-13H2,1H3,(H,22,24). The van der Waals surface area contributed by atoms with Gasteiger partial charge in [-0.3, -0.25) is 4.79 Å². The van der Waals surface area contributed by atoms with E-state index >= 15 is 0 Å². The Morgan fingerprint density at radius 1 is 1.07 bits per heavy atom. The highest BCUT2D eigenvalue weighted by atomic mass is 35.5. The molecule has 0 aliphatic carbocycles. The summed E-state index contributed by atoms with van der Waals surface area (Å²) in [4.78, 5) is 13.7. The molecule has 0 unspecified atom stereocenters. The smallest absolute Gasteiger partial charge is 0.255 e. The van der Waals surface area contributed by atoms with E-state index in [9.17, 15) is 13.2 Å². The van der Waals surface area contributed by atoms with Crippen molar-refractivity contribution in [2.24, 2.45) is 0 Å². The minimum absolute atomic E-state index is 0.0122. The molecule has 0 spiro atoms. The number of nitrogens with zero attached hydrogens (tertiary/aromatic N) is 1. The Morgan fingerprint density at radius 2 is 1.75 bits per heavy atom. The first-order valence-electron chi connectivity index (χ1n) is 9.17. The molecule has 1 saturated heterocycles. The SMILES string of the molecule is CSc1ccccc1NC(=O)c1ccc(Cl)c(S(=O)(=O)N2CCCCCC2)c1. The normalized spacial score (nSPS) is 15.8. The number of carbonyl (C=O) groups is 1. The molecule has 2 aromatic carbocycles. The van der Waals surface area contributed by atoms with Gasteiger partial charge in [0.05, 0.1) is 10.7 Å². The molecular weight excluding hydrogens is 416 g/mol. The third-order valence-corrected chi connectivity index (χ3v) is 7.91. The van der Waals surface area contributed by atoms with Crippen LogP contribution in [0.15, 0.2) is 52.3 Å². The van der Waals surface area contributed by atoms with Crippen LogP contribution in [0.4, 0.5) is 5.69 Å². The van der Waals surface area contributed by atoms with Crippen LogP contribution in [0.25, 0.3) is 0 Å². The molecule has 5 nitrogen and oxygen atoms in total. The lowest BCUT2D eigenvalue weighted by Crippen LogP contribution is -2.32. The number of para-hydroxylation sites is 1. The minimum Gasteiger partial charge on any atom is -0.321 e. The fourth-order valence-electron chi connectivity index (χ4n) is 3.21. The Hall–Kier alpha value is -1.54. The van der Waals surface area contributed by atoms with E-state index in [0.29, 0.717) is 18.8 Å². The molecule has 3 rings (SSSR count). The van der Waals surface area contributed by atoms with Gasteiger partial charge in [-0.05, 0) is 49.4 Å². The highest BCUT2D eigenvalue weighted by Gasteiger charge is 2.28. The lowest BCUT2D eigenvalue weighted by Gasteiger charge is -2.21. The predicted octanol–water partition coefficient (Wildman–Crippen LogP) is 4.88. The molecule has 1 heterocycles. The van der Waals surface area contributed by atoms with E-state index in [1.165, 1.54) is 28.2 Å². The lowest BCUT2D eigenvalue weighted by molar-refractivity contribution is 0.102. The zero-order chi connectivity index (χ0) is 20.1. The van der Waals surface area contributed by atoms with E-state index < -0.39 is 10.0 Å². The van der Waals surface area contributed by atoms with Crippen molar-refractivity contribution in [1.82, 2.24) is 4.31 Å². The van der Waals surface area contributed by atoms with Gasteiger partial charge in [0, 0.05) is 23.5 Å². The molecule has 0 radical (unpaired) electrons. The van der Waals surface area contributed by atoms with Gasteiger partial charge in [-0.2, -0.15) is 4.31 Å². The summed E-state index contributed by atoms with van der Waals surface area (Å²) in [5.41, 5.74) is 0.945. The minimum atomic E-state index is -3.74. The van der Waals surface area contributed by atoms with Crippen molar-refractivity contribution < 1.29 is 13.2 Å². The number of benzene rings is 2. The first-order chi connectivity index (χ1) is 13.4. The number of thioether (sulfide) groups is 1. The maximum atomic E-state index is 13.1. The summed E-state index contributed by atoms with van der Waals surface area (Å²) in [7, 11) is -3.74. The third-order valence-electron chi connectivity index (χ3n) is 4.73. The van der Waals surface area contributed by atoms with Crippen LogP contribution in [0.2, 0.25) is 5.02 Å². The van der Waals surface area contributed by atoms with Crippen LogP contribution in [0.1, 0.15) is 36.0 Å². The molecule has 2 aromatic rings. The summed E-state index contributed by atoms with van der Waals surface area (Å²) in [6.07, 6.45) is 5.65. The van der Waals surface area contributed by atoms with E-state index in [1.807, 2.05) is 30.5 Å².